The minimum atomic E-state index is -0.00330. The first-order valence-corrected chi connectivity index (χ1v) is 7.83. The number of hydrogen-bond donors (Lipinski definition) is 0. The van der Waals surface area contributed by atoms with Crippen LogP contribution in [0.3, 0.4) is 0 Å². The van der Waals surface area contributed by atoms with Gasteiger partial charge in [-0.05, 0) is 31.5 Å². The number of fused-ring (bicyclic) bond motifs is 1. The van der Waals surface area contributed by atoms with E-state index in [2.05, 4.69) is 19.1 Å². The maximum absolute atomic E-state index is 12.1. The van der Waals surface area contributed by atoms with Crippen LogP contribution in [0.25, 0.3) is 11.0 Å². The van der Waals surface area contributed by atoms with Crippen molar-refractivity contribution in [2.24, 2.45) is 0 Å². The van der Waals surface area contributed by atoms with Crippen molar-refractivity contribution in [2.75, 3.05) is 0 Å². The van der Waals surface area contributed by atoms with Crippen LogP contribution in [-0.4, -0.2) is 0 Å². The molecule has 3 rings (SSSR count). The number of hydrogen-bond acceptors (Lipinski definition) is 3. The van der Waals surface area contributed by atoms with Crippen molar-refractivity contribution in [3.63, 3.8) is 0 Å². The van der Waals surface area contributed by atoms with Crippen LogP contribution in [-0.2, 0) is 13.0 Å². The Morgan fingerprint density at radius 3 is 2.65 bits per heavy atom. The molecule has 0 N–H and O–H groups in total. The molecule has 0 amide bonds. The van der Waals surface area contributed by atoms with E-state index in [-0.39, 0.29) is 5.43 Å². The van der Waals surface area contributed by atoms with Gasteiger partial charge in [-0.3, -0.25) is 4.79 Å². The van der Waals surface area contributed by atoms with Gasteiger partial charge in [-0.25, -0.2) is 0 Å². The minimum Gasteiger partial charge on any atom is -0.488 e. The maximum Gasteiger partial charge on any atom is 0.192 e. The average molecular weight is 308 g/mol. The van der Waals surface area contributed by atoms with Crippen molar-refractivity contribution in [1.29, 1.82) is 0 Å². The first kappa shape index (κ1) is 15.3. The Labute approximate surface area is 135 Å². The van der Waals surface area contributed by atoms with Crippen LogP contribution in [0.1, 0.15) is 29.4 Å². The van der Waals surface area contributed by atoms with Crippen LogP contribution >= 0.6 is 0 Å². The Morgan fingerprint density at radius 1 is 1.09 bits per heavy atom. The van der Waals surface area contributed by atoms with E-state index in [0.717, 1.165) is 16.9 Å². The normalized spacial score (nSPS) is 10.9. The fraction of sp³-hybridized carbons (Fsp3) is 0.250. The second-order valence-corrected chi connectivity index (χ2v) is 5.77. The molecule has 0 spiro atoms. The maximum atomic E-state index is 12.1. The van der Waals surface area contributed by atoms with Gasteiger partial charge in [-0.1, -0.05) is 36.8 Å². The Hall–Kier alpha value is -2.55. The summed E-state index contributed by atoms with van der Waals surface area (Å²) >= 11 is 0. The molecule has 1 heterocycles. The lowest BCUT2D eigenvalue weighted by molar-refractivity contribution is 0.304. The summed E-state index contributed by atoms with van der Waals surface area (Å²) in [6, 6.07) is 13.4. The number of benzene rings is 2. The molecule has 0 fully saturated rings. The quantitative estimate of drug-likeness (QED) is 0.709. The molecule has 23 heavy (non-hydrogen) atoms. The summed E-state index contributed by atoms with van der Waals surface area (Å²) in [5.41, 5.74) is 3.81. The second kappa shape index (κ2) is 6.29. The molecule has 2 aromatic carbocycles. The average Bonchev–Trinajstić information content (AvgIpc) is 2.54. The van der Waals surface area contributed by atoms with Crippen molar-refractivity contribution in [2.45, 2.75) is 33.8 Å². The molecular weight excluding hydrogens is 288 g/mol. The van der Waals surface area contributed by atoms with E-state index < -0.39 is 0 Å². The Balaban J connectivity index is 1.95. The molecule has 118 valence electrons. The minimum absolute atomic E-state index is 0.00330. The zero-order valence-corrected chi connectivity index (χ0v) is 13.7. The molecule has 3 aromatic rings. The second-order valence-electron chi connectivity index (χ2n) is 5.77. The molecule has 0 saturated carbocycles. The Morgan fingerprint density at radius 2 is 1.91 bits per heavy atom. The topological polar surface area (TPSA) is 39.4 Å². The third-order valence-corrected chi connectivity index (χ3v) is 3.97. The van der Waals surface area contributed by atoms with Crippen LogP contribution in [0.5, 0.6) is 5.75 Å². The molecule has 0 saturated heterocycles. The lowest BCUT2D eigenvalue weighted by atomic mass is 10.1. The Bertz CT molecular complexity index is 906. The van der Waals surface area contributed by atoms with E-state index in [9.17, 15) is 4.79 Å². The zero-order chi connectivity index (χ0) is 16.4. The smallest absolute Gasteiger partial charge is 0.192 e. The molecule has 1 aromatic heterocycles. The number of ether oxygens (including phenoxy) is 1. The highest BCUT2D eigenvalue weighted by molar-refractivity contribution is 5.81. The fourth-order valence-corrected chi connectivity index (χ4v) is 2.68. The predicted octanol–water partition coefficient (Wildman–Crippen LogP) is 4.55. The number of aryl methyl sites for hydroxylation is 3. The van der Waals surface area contributed by atoms with Crippen molar-refractivity contribution in [3.8, 4) is 5.75 Å². The molecule has 0 aliphatic heterocycles. The highest BCUT2D eigenvalue weighted by Crippen LogP contribution is 2.27. The third-order valence-electron chi connectivity index (χ3n) is 3.97. The van der Waals surface area contributed by atoms with E-state index in [1.807, 2.05) is 32.0 Å². The molecule has 0 bridgehead atoms. The highest BCUT2D eigenvalue weighted by atomic mass is 16.5. The standard InChI is InChI=1S/C20H20O3/c1-4-16-11-18(21)17-8-9-19(14(3)20(17)23-16)22-12-15-7-5-6-13(2)10-15/h5-11H,4,12H2,1-3H3. The number of rotatable bonds is 4. The summed E-state index contributed by atoms with van der Waals surface area (Å²) in [6.45, 7) is 6.45. The first-order valence-electron chi connectivity index (χ1n) is 7.83. The predicted molar refractivity (Wildman–Crippen MR) is 92.1 cm³/mol. The molecule has 0 aliphatic rings. The van der Waals surface area contributed by atoms with Gasteiger partial charge in [0.25, 0.3) is 0 Å². The van der Waals surface area contributed by atoms with E-state index >= 15 is 0 Å². The van der Waals surface area contributed by atoms with Gasteiger partial charge >= 0.3 is 0 Å². The SMILES string of the molecule is CCc1cc(=O)c2ccc(OCc3cccc(C)c3)c(C)c2o1. The zero-order valence-electron chi connectivity index (χ0n) is 13.7. The molecule has 3 heteroatoms. The van der Waals surface area contributed by atoms with Gasteiger partial charge in [-0.15, -0.1) is 0 Å². The molecular formula is C20H20O3. The van der Waals surface area contributed by atoms with Gasteiger partial charge in [0, 0.05) is 18.1 Å². The van der Waals surface area contributed by atoms with Crippen LogP contribution in [0, 0.1) is 13.8 Å². The first-order chi connectivity index (χ1) is 11.1. The van der Waals surface area contributed by atoms with Gasteiger partial charge < -0.3 is 9.15 Å². The molecule has 0 aliphatic carbocycles. The van der Waals surface area contributed by atoms with Gasteiger partial charge in [0.05, 0.1) is 5.39 Å². The van der Waals surface area contributed by atoms with Crippen molar-refractivity contribution in [3.05, 3.63) is 75.1 Å². The summed E-state index contributed by atoms with van der Waals surface area (Å²) in [5.74, 6) is 1.44. The van der Waals surface area contributed by atoms with Gasteiger partial charge in [0.2, 0.25) is 0 Å². The summed E-state index contributed by atoms with van der Waals surface area (Å²) in [4.78, 5) is 12.1. The van der Waals surface area contributed by atoms with Gasteiger partial charge in [0.15, 0.2) is 5.43 Å². The van der Waals surface area contributed by atoms with Crippen LogP contribution in [0.4, 0.5) is 0 Å². The summed E-state index contributed by atoms with van der Waals surface area (Å²) < 4.78 is 11.8. The van der Waals surface area contributed by atoms with Crippen LogP contribution in [0.2, 0.25) is 0 Å². The summed E-state index contributed by atoms with van der Waals surface area (Å²) in [7, 11) is 0. The van der Waals surface area contributed by atoms with Crippen molar-refractivity contribution >= 4 is 11.0 Å². The molecule has 0 radical (unpaired) electrons. The largest absolute Gasteiger partial charge is 0.488 e. The lowest BCUT2D eigenvalue weighted by Gasteiger charge is -2.11. The molecule has 0 unspecified atom stereocenters. The lowest BCUT2D eigenvalue weighted by Crippen LogP contribution is -2.04. The molecule has 3 nitrogen and oxygen atoms in total. The highest BCUT2D eigenvalue weighted by Gasteiger charge is 2.11. The van der Waals surface area contributed by atoms with E-state index in [1.165, 1.54) is 5.56 Å². The fourth-order valence-electron chi connectivity index (χ4n) is 2.68. The monoisotopic (exact) mass is 308 g/mol. The third kappa shape index (κ3) is 3.14. The van der Waals surface area contributed by atoms with Gasteiger partial charge in [0.1, 0.15) is 23.7 Å². The van der Waals surface area contributed by atoms with E-state index in [4.69, 9.17) is 9.15 Å². The molecule has 0 atom stereocenters. The van der Waals surface area contributed by atoms with Gasteiger partial charge in [-0.2, -0.15) is 0 Å². The summed E-state index contributed by atoms with van der Waals surface area (Å²) in [6.07, 6.45) is 0.693. The van der Waals surface area contributed by atoms with E-state index in [0.29, 0.717) is 29.8 Å². The van der Waals surface area contributed by atoms with Crippen molar-refractivity contribution in [1.82, 2.24) is 0 Å². The van der Waals surface area contributed by atoms with Crippen LogP contribution < -0.4 is 10.2 Å². The summed E-state index contributed by atoms with van der Waals surface area (Å²) in [5, 5.41) is 0.600. The Kier molecular flexibility index (Phi) is 4.20. The van der Waals surface area contributed by atoms with Crippen LogP contribution in [0.15, 0.2) is 51.7 Å². The van der Waals surface area contributed by atoms with Crippen molar-refractivity contribution < 1.29 is 9.15 Å². The van der Waals surface area contributed by atoms with E-state index in [1.54, 1.807) is 12.1 Å².